The second-order valence-corrected chi connectivity index (χ2v) is 6.05. The van der Waals surface area contributed by atoms with Gasteiger partial charge in [-0.15, -0.1) is 6.58 Å². The van der Waals surface area contributed by atoms with Gasteiger partial charge in [-0.2, -0.15) is 0 Å². The summed E-state index contributed by atoms with van der Waals surface area (Å²) in [6.07, 6.45) is 4.69. The monoisotopic (exact) mass is 324 g/mol. The second-order valence-electron chi connectivity index (χ2n) is 6.05. The first-order chi connectivity index (χ1) is 10.2. The summed E-state index contributed by atoms with van der Waals surface area (Å²) in [6.45, 7) is 9.29. The van der Waals surface area contributed by atoms with Crippen molar-refractivity contribution >= 4 is 0 Å². The van der Waals surface area contributed by atoms with E-state index in [1.807, 2.05) is 30.3 Å². The Bertz CT molecular complexity index is 444. The smallest absolute Gasteiger partial charge is 0.122 e. The fourth-order valence-electron chi connectivity index (χ4n) is 2.75. The molecule has 0 aliphatic carbocycles. The lowest BCUT2D eigenvalue weighted by molar-refractivity contribution is -0.00000667. The van der Waals surface area contributed by atoms with Crippen molar-refractivity contribution in [2.45, 2.75) is 32.3 Å². The Morgan fingerprint density at radius 2 is 2.05 bits per heavy atom. The number of aliphatic hydroxyl groups is 1. The van der Waals surface area contributed by atoms with Crippen LogP contribution in [0.25, 0.3) is 0 Å². The summed E-state index contributed by atoms with van der Waals surface area (Å²) in [5, 5.41) is 10.2. The standard InChI is InChI=1S/C18H27NO2.ClH/c1-3-6-16-7-4-5-8-18(16)21-14-17(20)13-19-11-9-15(2)10-12-19;/h3-5,7-8,15,17,20H,1,6,9-14H2,2H3;1H/p-1. The molecular formula is C18H27ClNO2-. The van der Waals surface area contributed by atoms with E-state index in [1.165, 1.54) is 12.8 Å². The van der Waals surface area contributed by atoms with Crippen LogP contribution in [-0.2, 0) is 6.42 Å². The van der Waals surface area contributed by atoms with E-state index < -0.39 is 6.10 Å². The second kappa shape index (κ2) is 9.88. The lowest BCUT2D eigenvalue weighted by atomic mass is 9.99. The van der Waals surface area contributed by atoms with Gasteiger partial charge in [-0.1, -0.05) is 31.2 Å². The molecule has 1 N–H and O–H groups in total. The van der Waals surface area contributed by atoms with Gasteiger partial charge in [0.05, 0.1) is 0 Å². The number of nitrogens with zero attached hydrogens (tertiary/aromatic N) is 1. The summed E-state index contributed by atoms with van der Waals surface area (Å²) in [6, 6.07) is 7.95. The molecule has 1 aliphatic rings. The highest BCUT2D eigenvalue weighted by Crippen LogP contribution is 2.19. The van der Waals surface area contributed by atoms with Gasteiger partial charge in [-0.05, 0) is 49.9 Å². The van der Waals surface area contributed by atoms with Gasteiger partial charge in [0, 0.05) is 6.54 Å². The van der Waals surface area contributed by atoms with Gasteiger partial charge < -0.3 is 27.2 Å². The molecule has 0 bridgehead atoms. The molecule has 3 nitrogen and oxygen atoms in total. The van der Waals surface area contributed by atoms with E-state index in [1.54, 1.807) is 0 Å². The molecule has 0 saturated carbocycles. The van der Waals surface area contributed by atoms with Crippen molar-refractivity contribution in [3.8, 4) is 5.75 Å². The molecule has 0 amide bonds. The van der Waals surface area contributed by atoms with E-state index in [0.717, 1.165) is 36.7 Å². The van der Waals surface area contributed by atoms with E-state index in [-0.39, 0.29) is 12.4 Å². The molecule has 1 aromatic carbocycles. The van der Waals surface area contributed by atoms with E-state index in [4.69, 9.17) is 4.74 Å². The number of ether oxygens (including phenoxy) is 1. The number of hydrogen-bond acceptors (Lipinski definition) is 3. The number of β-amino-alcohol motifs (C(OH)–C–C–N with tert-alkyl or cyclic N) is 1. The number of aliphatic hydroxyl groups excluding tert-OH is 1. The Morgan fingerprint density at radius 1 is 1.36 bits per heavy atom. The maximum atomic E-state index is 10.2. The number of halogens is 1. The lowest BCUT2D eigenvalue weighted by Crippen LogP contribution is -3.00. The Kier molecular flexibility index (Phi) is 8.54. The minimum Gasteiger partial charge on any atom is -1.00 e. The molecule has 1 saturated heterocycles. The van der Waals surface area contributed by atoms with Gasteiger partial charge in [0.2, 0.25) is 0 Å². The quantitative estimate of drug-likeness (QED) is 0.711. The third-order valence-corrected chi connectivity index (χ3v) is 4.11. The fraction of sp³-hybridized carbons (Fsp3) is 0.556. The maximum Gasteiger partial charge on any atom is 0.122 e. The molecule has 124 valence electrons. The first-order valence-corrected chi connectivity index (χ1v) is 7.91. The van der Waals surface area contributed by atoms with Crippen molar-refractivity contribution < 1.29 is 22.3 Å². The topological polar surface area (TPSA) is 32.7 Å². The van der Waals surface area contributed by atoms with E-state index in [0.29, 0.717) is 13.2 Å². The first-order valence-electron chi connectivity index (χ1n) is 7.91. The highest BCUT2D eigenvalue weighted by atomic mass is 35.5. The molecule has 1 fully saturated rings. The minimum absolute atomic E-state index is 0. The van der Waals surface area contributed by atoms with Crippen LogP contribution >= 0.6 is 0 Å². The van der Waals surface area contributed by atoms with Crippen LogP contribution in [0.15, 0.2) is 36.9 Å². The normalized spacial score (nSPS) is 17.5. The highest BCUT2D eigenvalue weighted by molar-refractivity contribution is 5.34. The summed E-state index contributed by atoms with van der Waals surface area (Å²) in [7, 11) is 0. The largest absolute Gasteiger partial charge is 1.00 e. The molecule has 2 rings (SSSR count). The number of likely N-dealkylation sites (tertiary alicyclic amines) is 1. The number of benzene rings is 1. The Balaban J connectivity index is 0.00000242. The summed E-state index contributed by atoms with van der Waals surface area (Å²) < 4.78 is 5.79. The number of allylic oxidation sites excluding steroid dienone is 1. The van der Waals surface area contributed by atoms with Crippen LogP contribution in [0.4, 0.5) is 0 Å². The van der Waals surface area contributed by atoms with Gasteiger partial charge in [0.1, 0.15) is 18.5 Å². The average molecular weight is 325 g/mol. The molecule has 0 radical (unpaired) electrons. The summed E-state index contributed by atoms with van der Waals surface area (Å²) >= 11 is 0. The van der Waals surface area contributed by atoms with Gasteiger partial charge in [0.25, 0.3) is 0 Å². The molecule has 1 atom stereocenters. The number of piperidine rings is 1. The predicted molar refractivity (Wildman–Crippen MR) is 86.7 cm³/mol. The van der Waals surface area contributed by atoms with E-state index in [9.17, 15) is 5.11 Å². The third kappa shape index (κ3) is 5.99. The maximum absolute atomic E-state index is 10.2. The van der Waals surface area contributed by atoms with Crippen molar-refractivity contribution in [2.24, 2.45) is 5.92 Å². The zero-order valence-electron chi connectivity index (χ0n) is 13.4. The van der Waals surface area contributed by atoms with Crippen LogP contribution in [0.1, 0.15) is 25.3 Å². The third-order valence-electron chi connectivity index (χ3n) is 4.11. The predicted octanol–water partition coefficient (Wildman–Crippen LogP) is -0.109. The molecule has 4 heteroatoms. The molecule has 1 unspecified atom stereocenters. The first kappa shape index (κ1) is 19.0. The van der Waals surface area contributed by atoms with Gasteiger partial charge in [-0.3, -0.25) is 0 Å². The van der Waals surface area contributed by atoms with Crippen molar-refractivity contribution in [3.63, 3.8) is 0 Å². The summed E-state index contributed by atoms with van der Waals surface area (Å²) in [4.78, 5) is 2.34. The summed E-state index contributed by atoms with van der Waals surface area (Å²) in [5.41, 5.74) is 1.12. The van der Waals surface area contributed by atoms with Crippen LogP contribution in [0.2, 0.25) is 0 Å². The molecular weight excluding hydrogens is 298 g/mol. The fourth-order valence-corrected chi connectivity index (χ4v) is 2.75. The number of rotatable bonds is 7. The van der Waals surface area contributed by atoms with Gasteiger partial charge >= 0.3 is 0 Å². The van der Waals surface area contributed by atoms with Gasteiger partial charge in [0.15, 0.2) is 0 Å². The number of para-hydroxylation sites is 1. The van der Waals surface area contributed by atoms with Crippen LogP contribution in [0.3, 0.4) is 0 Å². The lowest BCUT2D eigenvalue weighted by Gasteiger charge is -2.31. The molecule has 22 heavy (non-hydrogen) atoms. The van der Waals surface area contributed by atoms with E-state index in [2.05, 4.69) is 18.4 Å². The zero-order valence-corrected chi connectivity index (χ0v) is 14.1. The molecule has 1 aromatic rings. The zero-order chi connectivity index (χ0) is 15.1. The Morgan fingerprint density at radius 3 is 2.73 bits per heavy atom. The van der Waals surface area contributed by atoms with Crippen molar-refractivity contribution in [3.05, 3.63) is 42.5 Å². The highest BCUT2D eigenvalue weighted by Gasteiger charge is 2.18. The molecule has 0 aromatic heterocycles. The van der Waals surface area contributed by atoms with Crippen LogP contribution < -0.4 is 17.1 Å². The molecule has 1 aliphatic heterocycles. The van der Waals surface area contributed by atoms with Crippen molar-refractivity contribution in [2.75, 3.05) is 26.2 Å². The van der Waals surface area contributed by atoms with Crippen molar-refractivity contribution in [1.82, 2.24) is 4.90 Å². The number of hydrogen-bond donors (Lipinski definition) is 1. The Labute approximate surface area is 140 Å². The van der Waals surface area contributed by atoms with Crippen LogP contribution in [0.5, 0.6) is 5.75 Å². The average Bonchev–Trinajstić information content (AvgIpc) is 2.49. The van der Waals surface area contributed by atoms with Crippen LogP contribution in [0, 0.1) is 5.92 Å². The summed E-state index contributed by atoms with van der Waals surface area (Å²) in [5.74, 6) is 1.67. The molecule has 1 heterocycles. The minimum atomic E-state index is -0.435. The molecule has 0 spiro atoms. The SMILES string of the molecule is C=CCc1ccccc1OCC(O)CN1CCC(C)CC1.[Cl-]. The van der Waals surface area contributed by atoms with Gasteiger partial charge in [-0.25, -0.2) is 0 Å². The van der Waals surface area contributed by atoms with Crippen molar-refractivity contribution in [1.29, 1.82) is 0 Å². The Hall–Kier alpha value is -1.03. The van der Waals surface area contributed by atoms with Crippen LogP contribution in [-0.4, -0.2) is 42.4 Å². The van der Waals surface area contributed by atoms with E-state index >= 15 is 0 Å².